The van der Waals surface area contributed by atoms with E-state index in [-0.39, 0.29) is 17.7 Å². The molecule has 1 atom stereocenters. The Morgan fingerprint density at radius 3 is 2.90 bits per heavy atom. The number of carbonyl (C=O) groups is 2. The maximum atomic E-state index is 12.5. The second kappa shape index (κ2) is 5.48. The molecule has 1 aliphatic heterocycles. The Morgan fingerprint density at radius 2 is 2.15 bits per heavy atom. The van der Waals surface area contributed by atoms with Crippen molar-refractivity contribution in [3.05, 3.63) is 24.3 Å². The van der Waals surface area contributed by atoms with E-state index in [1.54, 1.807) is 16.7 Å². The molecule has 2 amide bonds. The molecule has 3 rings (SSSR count). The van der Waals surface area contributed by atoms with E-state index in [1.807, 2.05) is 31.2 Å². The highest BCUT2D eigenvalue weighted by Gasteiger charge is 2.30. The van der Waals surface area contributed by atoms with E-state index < -0.39 is 0 Å². The van der Waals surface area contributed by atoms with Crippen LogP contribution in [0.2, 0.25) is 0 Å². The lowest BCUT2D eigenvalue weighted by Gasteiger charge is -2.23. The van der Waals surface area contributed by atoms with E-state index in [1.165, 1.54) is 12.8 Å². The first-order valence-corrected chi connectivity index (χ1v) is 8.02. The van der Waals surface area contributed by atoms with Gasteiger partial charge in [0, 0.05) is 11.8 Å². The fraction of sp³-hybridized carbons (Fsp3) is 0.467. The number of amides is 2. The van der Waals surface area contributed by atoms with Crippen molar-refractivity contribution in [2.75, 3.05) is 22.5 Å². The molecule has 1 aromatic carbocycles. The summed E-state index contributed by atoms with van der Waals surface area (Å²) in [7, 11) is 0. The number of carbonyl (C=O) groups excluding carboxylic acids is 2. The summed E-state index contributed by atoms with van der Waals surface area (Å²) in [6, 6.07) is 7.51. The predicted molar refractivity (Wildman–Crippen MR) is 82.1 cm³/mol. The maximum Gasteiger partial charge on any atom is 0.237 e. The first kappa shape index (κ1) is 13.5. The number of benzene rings is 1. The highest BCUT2D eigenvalue weighted by molar-refractivity contribution is 8.00. The number of para-hydroxylation sites is 2. The molecule has 106 valence electrons. The summed E-state index contributed by atoms with van der Waals surface area (Å²) < 4.78 is 0. The molecule has 0 aromatic heterocycles. The van der Waals surface area contributed by atoms with Gasteiger partial charge in [0.15, 0.2) is 0 Å². The van der Waals surface area contributed by atoms with Crippen LogP contribution < -0.4 is 10.2 Å². The fourth-order valence-electron chi connectivity index (χ4n) is 2.26. The van der Waals surface area contributed by atoms with Crippen molar-refractivity contribution < 1.29 is 9.59 Å². The normalized spacial score (nSPS) is 21.9. The van der Waals surface area contributed by atoms with Crippen LogP contribution in [0.15, 0.2) is 24.3 Å². The number of anilines is 2. The van der Waals surface area contributed by atoms with Crippen LogP contribution in [0.25, 0.3) is 0 Å². The average molecular weight is 290 g/mol. The molecule has 5 heteroatoms. The molecule has 1 saturated carbocycles. The predicted octanol–water partition coefficient (Wildman–Crippen LogP) is 2.50. The van der Waals surface area contributed by atoms with Gasteiger partial charge in [0.1, 0.15) is 0 Å². The molecule has 2 aliphatic rings. The number of hydrogen-bond donors (Lipinski definition) is 1. The zero-order valence-corrected chi connectivity index (χ0v) is 12.3. The summed E-state index contributed by atoms with van der Waals surface area (Å²) in [5, 5.41) is 3.56. The van der Waals surface area contributed by atoms with Crippen molar-refractivity contribution in [1.82, 2.24) is 0 Å². The van der Waals surface area contributed by atoms with E-state index in [9.17, 15) is 9.59 Å². The van der Waals surface area contributed by atoms with E-state index >= 15 is 0 Å². The quantitative estimate of drug-likeness (QED) is 0.930. The molecule has 1 heterocycles. The third-order valence-electron chi connectivity index (χ3n) is 3.62. The number of rotatable bonds is 3. The zero-order valence-electron chi connectivity index (χ0n) is 11.5. The lowest BCUT2D eigenvalue weighted by atomic mass is 10.1. The van der Waals surface area contributed by atoms with Gasteiger partial charge in [-0.15, -0.1) is 11.8 Å². The van der Waals surface area contributed by atoms with Gasteiger partial charge in [0.2, 0.25) is 11.8 Å². The number of hydrogen-bond acceptors (Lipinski definition) is 3. The molecule has 1 aromatic rings. The van der Waals surface area contributed by atoms with Gasteiger partial charge in [-0.3, -0.25) is 9.59 Å². The minimum Gasteiger partial charge on any atom is -0.324 e. The Bertz CT molecular complexity index is 542. The fourth-order valence-corrected chi connectivity index (χ4v) is 3.27. The van der Waals surface area contributed by atoms with E-state index in [4.69, 9.17) is 0 Å². The Balaban J connectivity index is 1.83. The third-order valence-corrected chi connectivity index (χ3v) is 4.98. The first-order valence-electron chi connectivity index (χ1n) is 6.97. The Kier molecular flexibility index (Phi) is 3.70. The number of nitrogens with zero attached hydrogens (tertiary/aromatic N) is 1. The molecule has 0 bridgehead atoms. The Morgan fingerprint density at radius 1 is 1.40 bits per heavy atom. The molecule has 0 radical (unpaired) electrons. The van der Waals surface area contributed by atoms with Crippen LogP contribution in [0.4, 0.5) is 11.4 Å². The van der Waals surface area contributed by atoms with Crippen molar-refractivity contribution in [3.8, 4) is 0 Å². The Labute approximate surface area is 122 Å². The van der Waals surface area contributed by atoms with E-state index in [2.05, 4.69) is 5.32 Å². The molecular weight excluding hydrogens is 272 g/mol. The smallest absolute Gasteiger partial charge is 0.237 e. The van der Waals surface area contributed by atoms with Crippen molar-refractivity contribution in [1.29, 1.82) is 0 Å². The number of fused-ring (bicyclic) bond motifs is 1. The largest absolute Gasteiger partial charge is 0.324 e. The molecule has 1 fully saturated rings. The molecule has 4 nitrogen and oxygen atoms in total. The van der Waals surface area contributed by atoms with Crippen LogP contribution >= 0.6 is 11.8 Å². The lowest BCUT2D eigenvalue weighted by molar-refractivity contribution is -0.119. The minimum atomic E-state index is -0.197. The van der Waals surface area contributed by atoms with Gasteiger partial charge in [-0.25, -0.2) is 0 Å². The molecule has 0 spiro atoms. The molecular formula is C15H18N2O2S. The summed E-state index contributed by atoms with van der Waals surface area (Å²) in [6.45, 7) is 2.31. The second-order valence-electron chi connectivity index (χ2n) is 5.42. The van der Waals surface area contributed by atoms with Crippen LogP contribution in [-0.2, 0) is 9.59 Å². The van der Waals surface area contributed by atoms with Gasteiger partial charge >= 0.3 is 0 Å². The SMILES string of the molecule is CC1CN(C(=O)CSC2CC2)c2ccccc2NC1=O. The van der Waals surface area contributed by atoms with E-state index in [0.717, 1.165) is 11.4 Å². The molecule has 0 saturated heterocycles. The van der Waals surface area contributed by atoms with Gasteiger partial charge in [0.05, 0.1) is 23.0 Å². The summed E-state index contributed by atoms with van der Waals surface area (Å²) in [4.78, 5) is 26.2. The average Bonchev–Trinajstić information content (AvgIpc) is 3.26. The second-order valence-corrected chi connectivity index (χ2v) is 6.71. The summed E-state index contributed by atoms with van der Waals surface area (Å²) in [6.07, 6.45) is 2.45. The summed E-state index contributed by atoms with van der Waals surface area (Å²) >= 11 is 1.73. The minimum absolute atomic E-state index is 0.0254. The molecule has 20 heavy (non-hydrogen) atoms. The summed E-state index contributed by atoms with van der Waals surface area (Å²) in [5.41, 5.74) is 1.54. The Hall–Kier alpha value is -1.49. The summed E-state index contributed by atoms with van der Waals surface area (Å²) in [5.74, 6) is 0.373. The van der Waals surface area contributed by atoms with Gasteiger partial charge in [-0.2, -0.15) is 0 Å². The maximum absolute atomic E-state index is 12.5. The lowest BCUT2D eigenvalue weighted by Crippen LogP contribution is -2.37. The van der Waals surface area contributed by atoms with Gasteiger partial charge < -0.3 is 10.2 Å². The van der Waals surface area contributed by atoms with Crippen LogP contribution in [0, 0.1) is 5.92 Å². The topological polar surface area (TPSA) is 49.4 Å². The van der Waals surface area contributed by atoms with Crippen LogP contribution in [0.1, 0.15) is 19.8 Å². The molecule has 1 unspecified atom stereocenters. The highest BCUT2D eigenvalue weighted by Crippen LogP contribution is 2.35. The monoisotopic (exact) mass is 290 g/mol. The zero-order chi connectivity index (χ0) is 14.1. The van der Waals surface area contributed by atoms with Crippen LogP contribution in [0.5, 0.6) is 0 Å². The standard InChI is InChI=1S/C15H18N2O2S/c1-10-8-17(14(18)9-20-11-6-7-11)13-5-3-2-4-12(13)16-15(10)19/h2-5,10-11H,6-9H2,1H3,(H,16,19). The van der Waals surface area contributed by atoms with Crippen molar-refractivity contribution in [2.24, 2.45) is 5.92 Å². The van der Waals surface area contributed by atoms with Crippen molar-refractivity contribution in [2.45, 2.75) is 25.0 Å². The van der Waals surface area contributed by atoms with Crippen LogP contribution in [-0.4, -0.2) is 29.4 Å². The van der Waals surface area contributed by atoms with E-state index in [0.29, 0.717) is 17.5 Å². The highest BCUT2D eigenvalue weighted by atomic mass is 32.2. The van der Waals surface area contributed by atoms with Crippen molar-refractivity contribution in [3.63, 3.8) is 0 Å². The van der Waals surface area contributed by atoms with Crippen LogP contribution in [0.3, 0.4) is 0 Å². The first-order chi connectivity index (χ1) is 9.65. The van der Waals surface area contributed by atoms with Gasteiger partial charge in [-0.05, 0) is 25.0 Å². The number of nitrogens with one attached hydrogen (secondary N) is 1. The molecule has 1 aliphatic carbocycles. The van der Waals surface area contributed by atoms with Gasteiger partial charge in [-0.1, -0.05) is 19.1 Å². The van der Waals surface area contributed by atoms with Crippen molar-refractivity contribution >= 4 is 35.0 Å². The number of thioether (sulfide) groups is 1. The molecule has 1 N–H and O–H groups in total. The van der Waals surface area contributed by atoms with Gasteiger partial charge in [0.25, 0.3) is 0 Å². The third kappa shape index (κ3) is 2.82.